The molecule has 4 saturated carbocycles. The van der Waals surface area contributed by atoms with Crippen LogP contribution < -0.4 is 0 Å². The van der Waals surface area contributed by atoms with Crippen molar-refractivity contribution in [3.8, 4) is 0 Å². The maximum absolute atomic E-state index is 2.90. The van der Waals surface area contributed by atoms with Gasteiger partial charge in [-0.3, -0.25) is 0 Å². The van der Waals surface area contributed by atoms with Gasteiger partial charge < -0.3 is 0 Å². The Bertz CT molecular complexity index is 724. The maximum atomic E-state index is 2.90. The van der Waals surface area contributed by atoms with Crippen LogP contribution in [0, 0.1) is 64.6 Å². The van der Waals surface area contributed by atoms with Crippen molar-refractivity contribution in [1.82, 2.24) is 0 Å². The molecule has 0 aliphatic heterocycles. The standard InChI is InChI=1S/C29H44/c1-17(2)8-5-6-9-20-10-7-11-21-12-13-22-16-25-28-19(4)29(25,28)18(3)23-14-15-24(26(20)21)27(22)23/h10,16-19,21,23-28H,5-9,11-15H2,1-4H3. The largest absolute Gasteiger partial charge is 0.0850 e. The lowest BCUT2D eigenvalue weighted by atomic mass is 9.66. The molecule has 4 fully saturated rings. The summed E-state index contributed by atoms with van der Waals surface area (Å²) in [5.41, 5.74) is 4.68. The van der Waals surface area contributed by atoms with Gasteiger partial charge >= 0.3 is 0 Å². The summed E-state index contributed by atoms with van der Waals surface area (Å²) >= 11 is 0. The molecule has 10 unspecified atom stereocenters. The van der Waals surface area contributed by atoms with Crippen LogP contribution in [0.3, 0.4) is 0 Å². The van der Waals surface area contributed by atoms with E-state index in [4.69, 9.17) is 0 Å². The second-order valence-electron chi connectivity index (χ2n) is 12.6. The van der Waals surface area contributed by atoms with Gasteiger partial charge in [0, 0.05) is 0 Å². The zero-order chi connectivity index (χ0) is 19.9. The van der Waals surface area contributed by atoms with Crippen LogP contribution in [0.15, 0.2) is 23.3 Å². The van der Waals surface area contributed by atoms with Crippen molar-refractivity contribution in [3.63, 3.8) is 0 Å². The van der Waals surface area contributed by atoms with Gasteiger partial charge in [0.1, 0.15) is 0 Å². The molecule has 10 atom stereocenters. The number of hydrogen-bond donors (Lipinski definition) is 0. The van der Waals surface area contributed by atoms with E-state index in [0.717, 1.165) is 64.6 Å². The van der Waals surface area contributed by atoms with Crippen molar-refractivity contribution in [3.05, 3.63) is 23.3 Å². The summed E-state index contributed by atoms with van der Waals surface area (Å²) in [6, 6.07) is 0. The number of fused-ring (bicyclic) bond motifs is 3. The first-order valence-electron chi connectivity index (χ1n) is 13.4. The highest BCUT2D eigenvalue weighted by molar-refractivity contribution is 5.41. The van der Waals surface area contributed by atoms with Gasteiger partial charge in [-0.05, 0) is 116 Å². The summed E-state index contributed by atoms with van der Waals surface area (Å²) in [6.45, 7) is 10.0. The van der Waals surface area contributed by atoms with E-state index in [1.165, 1.54) is 51.4 Å². The summed E-state index contributed by atoms with van der Waals surface area (Å²) in [5, 5.41) is 0. The molecule has 0 bridgehead atoms. The number of hydrogen-bond acceptors (Lipinski definition) is 0. The molecule has 0 heteroatoms. The van der Waals surface area contributed by atoms with Crippen molar-refractivity contribution >= 4 is 0 Å². The van der Waals surface area contributed by atoms with E-state index in [2.05, 4.69) is 39.8 Å². The zero-order valence-corrected chi connectivity index (χ0v) is 19.5. The molecule has 0 heterocycles. The van der Waals surface area contributed by atoms with E-state index < -0.39 is 0 Å². The molecular formula is C29H44. The summed E-state index contributed by atoms with van der Waals surface area (Å²) in [7, 11) is 0. The average molecular weight is 393 g/mol. The lowest BCUT2D eigenvalue weighted by Crippen LogP contribution is -2.31. The zero-order valence-electron chi connectivity index (χ0n) is 19.5. The molecule has 0 aromatic carbocycles. The van der Waals surface area contributed by atoms with Gasteiger partial charge in [-0.1, -0.05) is 63.8 Å². The molecule has 0 saturated heterocycles. The highest BCUT2D eigenvalue weighted by atomic mass is 14.9. The third-order valence-electron chi connectivity index (χ3n) is 11.3. The van der Waals surface area contributed by atoms with Gasteiger partial charge in [-0.15, -0.1) is 0 Å². The molecule has 6 aliphatic carbocycles. The Kier molecular flexibility index (Phi) is 4.46. The molecule has 6 aliphatic rings. The SMILES string of the molecule is CC(C)CCCCC1=CCCC2CCC3=CC4C5C(C)C45C(C)C4CCC(C12)C34. The molecule has 1 spiro atoms. The fraction of sp³-hybridized carbons (Fsp3) is 0.862. The van der Waals surface area contributed by atoms with Crippen molar-refractivity contribution in [1.29, 1.82) is 0 Å². The monoisotopic (exact) mass is 392 g/mol. The van der Waals surface area contributed by atoms with Gasteiger partial charge in [-0.2, -0.15) is 0 Å². The van der Waals surface area contributed by atoms with E-state index >= 15 is 0 Å². The normalized spacial score (nSPS) is 51.7. The Morgan fingerprint density at radius 2 is 1.79 bits per heavy atom. The van der Waals surface area contributed by atoms with E-state index in [-0.39, 0.29) is 0 Å². The summed E-state index contributed by atoms with van der Waals surface area (Å²) in [6.07, 6.45) is 20.3. The molecule has 0 radical (unpaired) electrons. The van der Waals surface area contributed by atoms with Gasteiger partial charge in [0.2, 0.25) is 0 Å². The Balaban J connectivity index is 1.26. The minimum atomic E-state index is 0.778. The van der Waals surface area contributed by atoms with Crippen molar-refractivity contribution in [2.45, 2.75) is 91.9 Å². The smallest absolute Gasteiger partial charge is 0.0129 e. The Morgan fingerprint density at radius 1 is 0.966 bits per heavy atom. The fourth-order valence-corrected chi connectivity index (χ4v) is 9.99. The molecule has 0 aromatic rings. The van der Waals surface area contributed by atoms with Gasteiger partial charge in [-0.25, -0.2) is 0 Å². The lowest BCUT2D eigenvalue weighted by Gasteiger charge is -2.39. The average Bonchev–Trinajstić information content (AvgIpc) is 3.51. The Labute approximate surface area is 180 Å². The minimum Gasteiger partial charge on any atom is -0.0850 e. The number of rotatable bonds is 5. The van der Waals surface area contributed by atoms with E-state index in [1.807, 2.05) is 11.1 Å². The first-order valence-corrected chi connectivity index (χ1v) is 13.4. The predicted molar refractivity (Wildman–Crippen MR) is 122 cm³/mol. The molecular weight excluding hydrogens is 348 g/mol. The molecule has 0 N–H and O–H groups in total. The Hall–Kier alpha value is -0.520. The van der Waals surface area contributed by atoms with Crippen LogP contribution in [-0.4, -0.2) is 0 Å². The van der Waals surface area contributed by atoms with Crippen LogP contribution >= 0.6 is 0 Å². The predicted octanol–water partition coefficient (Wildman–Crippen LogP) is 8.05. The summed E-state index contributed by atoms with van der Waals surface area (Å²) in [5.74, 6) is 9.95. The Morgan fingerprint density at radius 3 is 2.59 bits per heavy atom. The quantitative estimate of drug-likeness (QED) is 0.328. The van der Waals surface area contributed by atoms with Crippen LogP contribution in [0.5, 0.6) is 0 Å². The molecule has 6 rings (SSSR count). The third kappa shape index (κ3) is 2.62. The second kappa shape index (κ2) is 6.74. The number of allylic oxidation sites excluding steroid dienone is 4. The van der Waals surface area contributed by atoms with Crippen LogP contribution in [0.2, 0.25) is 0 Å². The van der Waals surface area contributed by atoms with Gasteiger partial charge in [0.05, 0.1) is 0 Å². The first-order chi connectivity index (χ1) is 14.0. The highest BCUT2D eigenvalue weighted by Gasteiger charge is 2.86. The van der Waals surface area contributed by atoms with Crippen molar-refractivity contribution in [2.75, 3.05) is 0 Å². The molecule has 0 amide bonds. The van der Waals surface area contributed by atoms with Crippen LogP contribution in [0.4, 0.5) is 0 Å². The summed E-state index contributed by atoms with van der Waals surface area (Å²) in [4.78, 5) is 0. The number of unbranched alkanes of at least 4 members (excludes halogenated alkanes) is 1. The van der Waals surface area contributed by atoms with Crippen molar-refractivity contribution in [2.24, 2.45) is 64.6 Å². The minimum absolute atomic E-state index is 0.778. The van der Waals surface area contributed by atoms with E-state index in [9.17, 15) is 0 Å². The fourth-order valence-electron chi connectivity index (χ4n) is 9.99. The van der Waals surface area contributed by atoms with Crippen LogP contribution in [0.25, 0.3) is 0 Å². The third-order valence-corrected chi connectivity index (χ3v) is 11.3. The van der Waals surface area contributed by atoms with Gasteiger partial charge in [0.25, 0.3) is 0 Å². The highest BCUT2D eigenvalue weighted by Crippen LogP contribution is 2.89. The molecule has 29 heavy (non-hydrogen) atoms. The second-order valence-corrected chi connectivity index (χ2v) is 12.6. The summed E-state index contributed by atoms with van der Waals surface area (Å²) < 4.78 is 0. The van der Waals surface area contributed by atoms with Crippen LogP contribution in [-0.2, 0) is 0 Å². The molecule has 0 nitrogen and oxygen atoms in total. The van der Waals surface area contributed by atoms with E-state index in [0.29, 0.717) is 0 Å². The van der Waals surface area contributed by atoms with Gasteiger partial charge in [0.15, 0.2) is 0 Å². The topological polar surface area (TPSA) is 0 Å². The molecule has 160 valence electrons. The van der Waals surface area contributed by atoms with E-state index in [1.54, 1.807) is 12.8 Å². The maximum Gasteiger partial charge on any atom is -0.0129 e. The van der Waals surface area contributed by atoms with Crippen LogP contribution in [0.1, 0.15) is 91.9 Å². The molecule has 0 aromatic heterocycles. The first kappa shape index (κ1) is 19.2. The lowest BCUT2D eigenvalue weighted by molar-refractivity contribution is 0.171. The van der Waals surface area contributed by atoms with Crippen molar-refractivity contribution < 1.29 is 0 Å².